The van der Waals surface area contributed by atoms with Gasteiger partial charge in [-0.3, -0.25) is 9.89 Å². The lowest BCUT2D eigenvalue weighted by Gasteiger charge is -2.07. The molecule has 0 aliphatic rings. The van der Waals surface area contributed by atoms with Crippen LogP contribution in [0.5, 0.6) is 5.75 Å². The molecule has 2 aromatic carbocycles. The quantitative estimate of drug-likeness (QED) is 0.738. The molecule has 0 bridgehead atoms. The number of hydrogen-bond donors (Lipinski definition) is 2. The van der Waals surface area contributed by atoms with Crippen LogP contribution >= 0.6 is 0 Å². The number of aromatic amines is 1. The summed E-state index contributed by atoms with van der Waals surface area (Å²) in [6.07, 6.45) is 0. The molecule has 3 rings (SSSR count). The highest BCUT2D eigenvalue weighted by Crippen LogP contribution is 2.29. The average molecular weight is 323 g/mol. The van der Waals surface area contributed by atoms with Gasteiger partial charge in [-0.25, -0.2) is 0 Å². The van der Waals surface area contributed by atoms with Gasteiger partial charge < -0.3 is 10.1 Å². The maximum atomic E-state index is 11.9. The van der Waals surface area contributed by atoms with Crippen molar-refractivity contribution in [2.75, 3.05) is 11.9 Å². The van der Waals surface area contributed by atoms with Crippen LogP contribution in [0.1, 0.15) is 20.8 Å². The molecule has 1 aromatic heterocycles. The molecule has 5 nitrogen and oxygen atoms in total. The van der Waals surface area contributed by atoms with Crippen LogP contribution in [0.25, 0.3) is 22.0 Å². The fraction of sp³-hybridized carbons (Fsp3) is 0.263. The van der Waals surface area contributed by atoms with E-state index in [1.54, 1.807) is 0 Å². The highest BCUT2D eigenvalue weighted by atomic mass is 16.5. The van der Waals surface area contributed by atoms with Gasteiger partial charge in [0.1, 0.15) is 5.75 Å². The molecule has 0 spiro atoms. The van der Waals surface area contributed by atoms with E-state index in [4.69, 9.17) is 4.74 Å². The Labute approximate surface area is 141 Å². The van der Waals surface area contributed by atoms with E-state index in [1.165, 1.54) is 0 Å². The minimum atomic E-state index is -0.0858. The summed E-state index contributed by atoms with van der Waals surface area (Å²) in [4.78, 5) is 11.9. The Morgan fingerprint density at radius 3 is 2.75 bits per heavy atom. The summed E-state index contributed by atoms with van der Waals surface area (Å²) in [5.41, 5.74) is 3.02. The third-order valence-corrected chi connectivity index (χ3v) is 3.81. The van der Waals surface area contributed by atoms with Crippen LogP contribution in [-0.2, 0) is 4.79 Å². The van der Waals surface area contributed by atoms with Crippen molar-refractivity contribution in [2.45, 2.75) is 20.8 Å². The third kappa shape index (κ3) is 3.25. The molecular weight excluding hydrogens is 302 g/mol. The summed E-state index contributed by atoms with van der Waals surface area (Å²) >= 11 is 0. The Balaban J connectivity index is 1.92. The van der Waals surface area contributed by atoms with Gasteiger partial charge in [-0.05, 0) is 42.3 Å². The fourth-order valence-electron chi connectivity index (χ4n) is 2.49. The molecule has 0 radical (unpaired) electrons. The largest absolute Gasteiger partial charge is 0.494 e. The number of ether oxygens (including phenoxy) is 1. The van der Waals surface area contributed by atoms with Gasteiger partial charge in [-0.1, -0.05) is 32.0 Å². The first-order valence-electron chi connectivity index (χ1n) is 8.10. The topological polar surface area (TPSA) is 67.0 Å². The fourth-order valence-corrected chi connectivity index (χ4v) is 2.49. The van der Waals surface area contributed by atoms with E-state index in [0.29, 0.717) is 12.4 Å². The number of anilines is 1. The van der Waals surface area contributed by atoms with Crippen LogP contribution in [0, 0.1) is 5.92 Å². The number of carbonyl (C=O) groups is 1. The minimum absolute atomic E-state index is 0.0445. The second kappa shape index (κ2) is 6.74. The number of amides is 1. The molecule has 0 atom stereocenters. The third-order valence-electron chi connectivity index (χ3n) is 3.81. The van der Waals surface area contributed by atoms with Crippen molar-refractivity contribution in [3.05, 3.63) is 42.5 Å². The molecule has 124 valence electrons. The zero-order valence-corrected chi connectivity index (χ0v) is 14.1. The van der Waals surface area contributed by atoms with Crippen LogP contribution in [0.2, 0.25) is 0 Å². The number of aromatic nitrogens is 2. The van der Waals surface area contributed by atoms with Crippen LogP contribution in [-0.4, -0.2) is 22.7 Å². The number of hydrogen-bond acceptors (Lipinski definition) is 3. The van der Waals surface area contributed by atoms with Crippen LogP contribution < -0.4 is 10.1 Å². The number of fused-ring (bicyclic) bond motifs is 1. The molecular formula is C19H21N3O2. The van der Waals surface area contributed by atoms with E-state index in [9.17, 15) is 4.79 Å². The summed E-state index contributed by atoms with van der Waals surface area (Å²) in [7, 11) is 0. The smallest absolute Gasteiger partial charge is 0.228 e. The maximum Gasteiger partial charge on any atom is 0.228 e. The van der Waals surface area contributed by atoms with Gasteiger partial charge in [-0.2, -0.15) is 5.10 Å². The molecule has 1 amide bonds. The zero-order valence-electron chi connectivity index (χ0n) is 14.1. The highest BCUT2D eigenvalue weighted by molar-refractivity contribution is 6.01. The average Bonchev–Trinajstić information content (AvgIpc) is 2.97. The Morgan fingerprint density at radius 1 is 1.21 bits per heavy atom. The molecule has 0 saturated carbocycles. The van der Waals surface area contributed by atoms with Crippen molar-refractivity contribution in [2.24, 2.45) is 5.92 Å². The Kier molecular flexibility index (Phi) is 4.51. The van der Waals surface area contributed by atoms with Gasteiger partial charge in [-0.15, -0.1) is 0 Å². The molecule has 5 heteroatoms. The molecule has 3 aromatic rings. The first kappa shape index (κ1) is 16.1. The molecule has 1 heterocycles. The number of carbonyl (C=O) groups excluding carboxylic acids is 1. The normalized spacial score (nSPS) is 11.0. The molecule has 0 aliphatic carbocycles. The van der Waals surface area contributed by atoms with Crippen LogP contribution in [0.3, 0.4) is 0 Å². The van der Waals surface area contributed by atoms with E-state index < -0.39 is 0 Å². The zero-order chi connectivity index (χ0) is 17.1. The van der Waals surface area contributed by atoms with Crippen LogP contribution in [0.15, 0.2) is 42.5 Å². The van der Waals surface area contributed by atoms with Gasteiger partial charge in [0.25, 0.3) is 0 Å². The summed E-state index contributed by atoms with van der Waals surface area (Å²) in [5, 5.41) is 10.9. The summed E-state index contributed by atoms with van der Waals surface area (Å²) in [6.45, 7) is 6.32. The molecule has 0 aliphatic heterocycles. The second-order valence-corrected chi connectivity index (χ2v) is 5.94. The molecule has 0 unspecified atom stereocenters. The predicted molar refractivity (Wildman–Crippen MR) is 96.2 cm³/mol. The lowest BCUT2D eigenvalue weighted by atomic mass is 10.0. The number of H-pyrrole nitrogens is 1. The summed E-state index contributed by atoms with van der Waals surface area (Å²) < 4.78 is 5.56. The number of nitrogens with one attached hydrogen (secondary N) is 2. The number of benzene rings is 2. The maximum absolute atomic E-state index is 11.9. The first-order chi connectivity index (χ1) is 11.6. The van der Waals surface area contributed by atoms with E-state index in [2.05, 4.69) is 15.5 Å². The highest BCUT2D eigenvalue weighted by Gasteiger charge is 2.12. The predicted octanol–water partition coefficient (Wildman–Crippen LogP) is 4.22. The lowest BCUT2D eigenvalue weighted by Crippen LogP contribution is -2.18. The van der Waals surface area contributed by atoms with Gasteiger partial charge in [0.05, 0.1) is 12.1 Å². The summed E-state index contributed by atoms with van der Waals surface area (Å²) in [6, 6.07) is 14.0. The monoisotopic (exact) mass is 323 g/mol. The van der Waals surface area contributed by atoms with E-state index in [1.807, 2.05) is 63.2 Å². The Bertz CT molecular complexity index is 868. The van der Waals surface area contributed by atoms with Crippen molar-refractivity contribution in [3.8, 4) is 16.9 Å². The first-order valence-corrected chi connectivity index (χ1v) is 8.10. The number of rotatable bonds is 5. The van der Waals surface area contributed by atoms with E-state index in [0.717, 1.165) is 27.8 Å². The minimum Gasteiger partial charge on any atom is -0.494 e. The number of nitrogens with zero attached hydrogens (tertiary/aromatic N) is 1. The van der Waals surface area contributed by atoms with Crippen molar-refractivity contribution in [1.29, 1.82) is 0 Å². The van der Waals surface area contributed by atoms with Crippen LogP contribution in [0.4, 0.5) is 5.82 Å². The Morgan fingerprint density at radius 2 is 2.00 bits per heavy atom. The van der Waals surface area contributed by atoms with Crippen molar-refractivity contribution < 1.29 is 9.53 Å². The van der Waals surface area contributed by atoms with Gasteiger partial charge in [0, 0.05) is 11.3 Å². The van der Waals surface area contributed by atoms with Gasteiger partial charge in [0.15, 0.2) is 5.82 Å². The standard InChI is InChI=1S/C19H21N3O2/c1-4-24-15-7-5-6-13(10-15)14-8-9-16-17(11-14)21-22-18(16)20-19(23)12(2)3/h5-12H,4H2,1-3H3,(H2,20,21,22,23). The van der Waals surface area contributed by atoms with E-state index >= 15 is 0 Å². The Hall–Kier alpha value is -2.82. The molecule has 0 fully saturated rings. The van der Waals surface area contributed by atoms with Gasteiger partial charge >= 0.3 is 0 Å². The molecule has 0 saturated heterocycles. The van der Waals surface area contributed by atoms with Gasteiger partial charge in [0.2, 0.25) is 5.91 Å². The molecule has 2 N–H and O–H groups in total. The SMILES string of the molecule is CCOc1cccc(-c2ccc3c(NC(=O)C(C)C)n[nH]c3c2)c1. The second-order valence-electron chi connectivity index (χ2n) is 5.94. The van der Waals surface area contributed by atoms with Crippen molar-refractivity contribution in [3.63, 3.8) is 0 Å². The molecule has 24 heavy (non-hydrogen) atoms. The van der Waals surface area contributed by atoms with E-state index in [-0.39, 0.29) is 11.8 Å². The summed E-state index contributed by atoms with van der Waals surface area (Å²) in [5.74, 6) is 1.29. The van der Waals surface area contributed by atoms with Crippen molar-refractivity contribution in [1.82, 2.24) is 10.2 Å². The van der Waals surface area contributed by atoms with Crippen molar-refractivity contribution >= 4 is 22.6 Å². The lowest BCUT2D eigenvalue weighted by molar-refractivity contribution is -0.118.